The van der Waals surface area contributed by atoms with E-state index in [9.17, 15) is 0 Å². The molecule has 0 aromatic rings. The first kappa shape index (κ1) is 23.4. The van der Waals surface area contributed by atoms with Gasteiger partial charge in [0, 0.05) is 25.5 Å². The van der Waals surface area contributed by atoms with E-state index >= 15 is 0 Å². The van der Waals surface area contributed by atoms with Crippen LogP contribution in [0.15, 0.2) is 12.4 Å². The fourth-order valence-corrected chi connectivity index (χ4v) is 4.04. The molecule has 0 bridgehead atoms. The van der Waals surface area contributed by atoms with E-state index in [4.69, 9.17) is 0 Å². The van der Waals surface area contributed by atoms with Gasteiger partial charge in [0.2, 0.25) is 0 Å². The maximum atomic E-state index is 2.64. The molecule has 26 heavy (non-hydrogen) atoms. The summed E-state index contributed by atoms with van der Waals surface area (Å²) < 4.78 is 0. The van der Waals surface area contributed by atoms with Gasteiger partial charge in [0.15, 0.2) is 0 Å². The third-order valence-corrected chi connectivity index (χ3v) is 5.82. The lowest BCUT2D eigenvalue weighted by atomic mass is 10.1. The van der Waals surface area contributed by atoms with Gasteiger partial charge in [-0.25, -0.2) is 0 Å². The number of rotatable bonds is 18. The van der Waals surface area contributed by atoms with Crippen molar-refractivity contribution in [2.24, 2.45) is 0 Å². The molecule has 0 aliphatic carbocycles. The Morgan fingerprint density at radius 1 is 0.500 bits per heavy atom. The first-order valence-corrected chi connectivity index (χ1v) is 12.0. The molecular formula is C24H48N2. The average molecular weight is 365 g/mol. The summed E-state index contributed by atoms with van der Waals surface area (Å²) in [5, 5.41) is 0. The van der Waals surface area contributed by atoms with Gasteiger partial charge in [-0.3, -0.25) is 0 Å². The normalized spacial score (nSPS) is 16.8. The second kappa shape index (κ2) is 16.5. The fraction of sp³-hybridized carbons (Fsp3) is 0.917. The number of hydrogen-bond acceptors (Lipinski definition) is 2. The molecule has 0 radical (unpaired) electrons. The SMILES string of the molecule is CCCCCCCCCCC1N(CCCC)C=CN1CCCCCCC. The van der Waals surface area contributed by atoms with E-state index in [1.165, 1.54) is 116 Å². The Balaban J connectivity index is 2.24. The lowest BCUT2D eigenvalue weighted by Crippen LogP contribution is -2.39. The predicted molar refractivity (Wildman–Crippen MR) is 117 cm³/mol. The molecule has 0 saturated carbocycles. The maximum Gasteiger partial charge on any atom is 0.101 e. The van der Waals surface area contributed by atoms with Crippen molar-refractivity contribution in [3.63, 3.8) is 0 Å². The molecule has 1 heterocycles. The van der Waals surface area contributed by atoms with Crippen molar-refractivity contribution in [2.45, 2.75) is 130 Å². The number of hydrogen-bond donors (Lipinski definition) is 0. The van der Waals surface area contributed by atoms with Gasteiger partial charge in [-0.05, 0) is 25.7 Å². The third kappa shape index (κ3) is 10.5. The largest absolute Gasteiger partial charge is 0.356 e. The van der Waals surface area contributed by atoms with Crippen LogP contribution in [0.4, 0.5) is 0 Å². The molecule has 1 aliphatic heterocycles. The molecule has 1 aliphatic rings. The molecule has 1 unspecified atom stereocenters. The Kier molecular flexibility index (Phi) is 14.8. The van der Waals surface area contributed by atoms with Crippen LogP contribution in [-0.2, 0) is 0 Å². The zero-order valence-electron chi connectivity index (χ0n) is 18.4. The van der Waals surface area contributed by atoms with Crippen LogP contribution in [0.25, 0.3) is 0 Å². The van der Waals surface area contributed by atoms with E-state index < -0.39 is 0 Å². The van der Waals surface area contributed by atoms with Crippen molar-refractivity contribution in [2.75, 3.05) is 13.1 Å². The summed E-state index contributed by atoms with van der Waals surface area (Å²) in [6, 6.07) is 0. The van der Waals surface area contributed by atoms with E-state index in [-0.39, 0.29) is 0 Å². The average Bonchev–Trinajstić information content (AvgIpc) is 3.03. The molecule has 1 rings (SSSR count). The third-order valence-electron chi connectivity index (χ3n) is 5.82. The second-order valence-electron chi connectivity index (χ2n) is 8.29. The summed E-state index contributed by atoms with van der Waals surface area (Å²) in [6.07, 6.45) is 27.7. The van der Waals surface area contributed by atoms with Crippen molar-refractivity contribution in [1.82, 2.24) is 9.80 Å². The quantitative estimate of drug-likeness (QED) is 0.230. The molecule has 2 nitrogen and oxygen atoms in total. The van der Waals surface area contributed by atoms with Crippen molar-refractivity contribution in [1.29, 1.82) is 0 Å². The van der Waals surface area contributed by atoms with E-state index in [1.807, 2.05) is 0 Å². The lowest BCUT2D eigenvalue weighted by Gasteiger charge is -2.33. The summed E-state index contributed by atoms with van der Waals surface area (Å²) in [6.45, 7) is 9.40. The van der Waals surface area contributed by atoms with Gasteiger partial charge in [-0.2, -0.15) is 0 Å². The van der Waals surface area contributed by atoms with Crippen molar-refractivity contribution in [3.8, 4) is 0 Å². The van der Waals surface area contributed by atoms with Crippen LogP contribution >= 0.6 is 0 Å². The lowest BCUT2D eigenvalue weighted by molar-refractivity contribution is 0.136. The molecule has 154 valence electrons. The molecular weight excluding hydrogens is 316 g/mol. The van der Waals surface area contributed by atoms with Crippen LogP contribution in [0.3, 0.4) is 0 Å². The standard InChI is InChI=1S/C24H48N2/c1-4-7-10-12-13-14-15-17-19-24-25(20-9-6-3)22-23-26(24)21-18-16-11-8-5-2/h22-24H,4-21H2,1-3H3. The Hall–Kier alpha value is -0.660. The minimum Gasteiger partial charge on any atom is -0.356 e. The van der Waals surface area contributed by atoms with Crippen LogP contribution in [-0.4, -0.2) is 29.1 Å². The topological polar surface area (TPSA) is 6.48 Å². The van der Waals surface area contributed by atoms with Crippen molar-refractivity contribution in [3.05, 3.63) is 12.4 Å². The van der Waals surface area contributed by atoms with Gasteiger partial charge in [-0.15, -0.1) is 0 Å². The maximum absolute atomic E-state index is 2.64. The molecule has 0 spiro atoms. The van der Waals surface area contributed by atoms with Crippen molar-refractivity contribution < 1.29 is 0 Å². The minimum atomic E-state index is 0.646. The van der Waals surface area contributed by atoms with E-state index in [0.29, 0.717) is 6.17 Å². The number of unbranched alkanes of at least 4 members (excludes halogenated alkanes) is 12. The Morgan fingerprint density at radius 3 is 1.46 bits per heavy atom. The summed E-state index contributed by atoms with van der Waals surface area (Å²) in [7, 11) is 0. The Labute approximate surface area is 165 Å². The Bertz CT molecular complexity index is 326. The molecule has 0 N–H and O–H groups in total. The van der Waals surface area contributed by atoms with Crippen LogP contribution in [0.1, 0.15) is 124 Å². The van der Waals surface area contributed by atoms with Crippen molar-refractivity contribution >= 4 is 0 Å². The summed E-state index contributed by atoms with van der Waals surface area (Å²) in [5.74, 6) is 0. The smallest absolute Gasteiger partial charge is 0.101 e. The number of nitrogens with zero attached hydrogens (tertiary/aromatic N) is 2. The highest BCUT2D eigenvalue weighted by Crippen LogP contribution is 2.23. The molecule has 1 atom stereocenters. The van der Waals surface area contributed by atoms with Gasteiger partial charge in [0.05, 0.1) is 0 Å². The molecule has 0 fully saturated rings. The monoisotopic (exact) mass is 364 g/mol. The minimum absolute atomic E-state index is 0.646. The van der Waals surface area contributed by atoms with E-state index in [2.05, 4.69) is 43.0 Å². The zero-order valence-corrected chi connectivity index (χ0v) is 18.4. The molecule has 0 aromatic heterocycles. The molecule has 0 saturated heterocycles. The van der Waals surface area contributed by atoms with Gasteiger partial charge in [-0.1, -0.05) is 97.8 Å². The highest BCUT2D eigenvalue weighted by Gasteiger charge is 2.24. The van der Waals surface area contributed by atoms with E-state index in [0.717, 1.165) is 0 Å². The van der Waals surface area contributed by atoms with Crippen LogP contribution in [0.5, 0.6) is 0 Å². The zero-order chi connectivity index (χ0) is 18.9. The first-order valence-electron chi connectivity index (χ1n) is 12.0. The highest BCUT2D eigenvalue weighted by atomic mass is 15.4. The van der Waals surface area contributed by atoms with Gasteiger partial charge < -0.3 is 9.80 Å². The highest BCUT2D eigenvalue weighted by molar-refractivity contribution is 4.96. The van der Waals surface area contributed by atoms with Gasteiger partial charge >= 0.3 is 0 Å². The van der Waals surface area contributed by atoms with Gasteiger partial charge in [0.1, 0.15) is 6.17 Å². The van der Waals surface area contributed by atoms with Crippen LogP contribution in [0, 0.1) is 0 Å². The van der Waals surface area contributed by atoms with Gasteiger partial charge in [0.25, 0.3) is 0 Å². The summed E-state index contributed by atoms with van der Waals surface area (Å²) in [4.78, 5) is 5.26. The fourth-order valence-electron chi connectivity index (χ4n) is 4.04. The summed E-state index contributed by atoms with van der Waals surface area (Å²) in [5.41, 5.74) is 0. The predicted octanol–water partition coefficient (Wildman–Crippen LogP) is 7.70. The molecule has 0 amide bonds. The van der Waals surface area contributed by atoms with E-state index in [1.54, 1.807) is 0 Å². The van der Waals surface area contributed by atoms with Crippen LogP contribution < -0.4 is 0 Å². The first-order chi connectivity index (χ1) is 12.8. The Morgan fingerprint density at radius 2 is 0.923 bits per heavy atom. The summed E-state index contributed by atoms with van der Waals surface area (Å²) >= 11 is 0. The molecule has 0 aromatic carbocycles. The molecule has 2 heteroatoms. The van der Waals surface area contributed by atoms with Crippen LogP contribution in [0.2, 0.25) is 0 Å². The second-order valence-corrected chi connectivity index (χ2v) is 8.29.